The van der Waals surface area contributed by atoms with Crippen LogP contribution in [0, 0.1) is 108 Å². The number of thiophene rings is 4. The van der Waals surface area contributed by atoms with E-state index in [-0.39, 0.29) is 92.7 Å². The van der Waals surface area contributed by atoms with E-state index in [4.69, 9.17) is 105 Å². The van der Waals surface area contributed by atoms with E-state index >= 15 is 0 Å². The van der Waals surface area contributed by atoms with Crippen LogP contribution in [0.5, 0.6) is 0 Å². The smallest absolute Gasteiger partial charge is 0.571 e. The molecule has 0 saturated carbocycles. The monoisotopic (exact) mass is 2220 g/mol. The Morgan fingerprint density at radius 3 is 1.08 bits per heavy atom. The second-order valence-corrected chi connectivity index (χ2v) is 45.3. The van der Waals surface area contributed by atoms with Crippen LogP contribution in [0.4, 0.5) is 62.6 Å². The zero-order valence-corrected chi connectivity index (χ0v) is 94.5. The summed E-state index contributed by atoms with van der Waals surface area (Å²) in [5.41, 5.74) is 37.6. The van der Waals surface area contributed by atoms with E-state index < -0.39 is 51.0 Å². The summed E-state index contributed by atoms with van der Waals surface area (Å²) < 4.78 is 133. The van der Waals surface area contributed by atoms with Crippen LogP contribution >= 0.6 is 114 Å². The number of morpholine rings is 3. The number of methoxy groups -OCH3 is 2. The Labute approximate surface area is 898 Å². The summed E-state index contributed by atoms with van der Waals surface area (Å²) in [7, 11) is -7.65. The summed E-state index contributed by atoms with van der Waals surface area (Å²) in [6.45, 7) is 37.7. The van der Waals surface area contributed by atoms with E-state index in [1.165, 1.54) is 127 Å². The van der Waals surface area contributed by atoms with Crippen LogP contribution in [-0.4, -0.2) is 151 Å². The number of anilines is 10. The van der Waals surface area contributed by atoms with Crippen molar-refractivity contribution in [3.63, 3.8) is 0 Å². The van der Waals surface area contributed by atoms with Gasteiger partial charge in [-0.05, 0) is 306 Å². The minimum absolute atomic E-state index is 0. The number of nitrogens with two attached hydrogens (primary N) is 3. The molecular formula is C98H111Cl6N12NaO17S8. The van der Waals surface area contributed by atoms with Crippen molar-refractivity contribution in [2.45, 2.75) is 123 Å². The van der Waals surface area contributed by atoms with Gasteiger partial charge in [-0.15, -0.1) is 51.0 Å². The number of hydrogen-bond acceptors (Lipinski definition) is 28. The van der Waals surface area contributed by atoms with Crippen molar-refractivity contribution in [3.8, 4) is 6.07 Å². The van der Waals surface area contributed by atoms with Gasteiger partial charge in [0.05, 0.1) is 101 Å². The van der Waals surface area contributed by atoms with Gasteiger partial charge in [0.15, 0.2) is 0 Å². The topological polar surface area (TPSA) is 425 Å². The number of nitrogens with zero attached hydrogens (tertiary/aromatic N) is 5. The number of benzene rings is 8. The van der Waals surface area contributed by atoms with E-state index in [1.807, 2.05) is 40.7 Å². The molecule has 3 saturated heterocycles. The number of nitrogens with one attached hydrogen (secondary N) is 4. The number of nitrogen functional groups attached to an aromatic ring is 3. The Kier molecular flexibility index (Phi) is 46.0. The zero-order chi connectivity index (χ0) is 104. The molecule has 4 aromatic heterocycles. The molecule has 0 bridgehead atoms. The van der Waals surface area contributed by atoms with E-state index in [0.717, 1.165) is 153 Å². The third kappa shape index (κ3) is 32.8. The van der Waals surface area contributed by atoms with Crippen molar-refractivity contribution in [2.75, 3.05) is 145 Å². The molecule has 756 valence electrons. The predicted octanol–water partition coefficient (Wildman–Crippen LogP) is 20.4. The third-order valence-electron chi connectivity index (χ3n) is 21.7. The van der Waals surface area contributed by atoms with Crippen LogP contribution in [0.15, 0.2) is 175 Å². The first-order valence-electron chi connectivity index (χ1n) is 43.2. The van der Waals surface area contributed by atoms with E-state index in [0.29, 0.717) is 79.3 Å². The number of esters is 2. The summed E-state index contributed by atoms with van der Waals surface area (Å²) >= 11 is 33.8. The minimum Gasteiger partial charge on any atom is -0.571 e. The van der Waals surface area contributed by atoms with Crippen molar-refractivity contribution in [3.05, 3.63) is 282 Å². The van der Waals surface area contributed by atoms with Gasteiger partial charge in [0.25, 0.3) is 40.9 Å². The Morgan fingerprint density at radius 1 is 0.394 bits per heavy atom. The Bertz CT molecular complexity index is 6830. The van der Waals surface area contributed by atoms with Crippen molar-refractivity contribution in [2.24, 2.45) is 0 Å². The predicted molar refractivity (Wildman–Crippen MR) is 577 cm³/mol. The fraction of sp³-hybridized carbons (Fsp3) is 0.296. The molecule has 44 heteroatoms. The fourth-order valence-electron chi connectivity index (χ4n) is 15.2. The van der Waals surface area contributed by atoms with Gasteiger partial charge in [-0.3, -0.25) is 19.0 Å². The first-order chi connectivity index (χ1) is 66.4. The molecule has 0 spiro atoms. The van der Waals surface area contributed by atoms with Gasteiger partial charge >= 0.3 is 41.5 Å². The molecule has 29 nitrogen and oxygen atoms in total. The summed E-state index contributed by atoms with van der Waals surface area (Å²) in [6, 6.07) is 37.8. The van der Waals surface area contributed by atoms with Gasteiger partial charge in [0.1, 0.15) is 24.7 Å². The zero-order valence-electron chi connectivity index (χ0n) is 81.4. The number of amides is 2. The number of ether oxygens (including phenoxy) is 5. The molecule has 10 N–H and O–H groups in total. The Morgan fingerprint density at radius 2 is 0.711 bits per heavy atom. The van der Waals surface area contributed by atoms with Crippen LogP contribution in [0.25, 0.3) is 4.72 Å². The Hall–Kier alpha value is -9.45. The molecule has 8 aromatic carbocycles. The van der Waals surface area contributed by atoms with E-state index in [2.05, 4.69) is 102 Å². The maximum absolute atomic E-state index is 13.3. The number of sulfonamides is 3. The first-order valence-corrected chi connectivity index (χ1v) is 55.3. The standard InChI is InChI=1S/2C25H28ClN3O4S2.C13H12ClNO4S2.C13H20N2O.C7H6Cl2O2S.C7H8ClN.C6H7NO2S.C2H3N.Na/c2*1-15-14-19(26)5-6-21(15)35(31,32)28-20-7-12-34-24(20)25(30)27-22-16(2)13-17(3)23(18(22)4)29-8-10-33-11-9-29;1-8-7-9(14)3-4-11(8)21(17,18)15-10-5-6-20-12(10)13(16)19-2;1-9-8-10(2)13(11(3)12(9)14)15-4-6-16-7-5-15;1-5-4-6(8)2-3-7(5)12(9,10)11;1-5-4-6(8)2-3-7(5)9;1-9-6(8)5-4(7)2-3-10-5;1-2-3;/h5-7,12-14H,8-11H2,1-4H3,(H2,27,28,30);5-7,12-14,28H,8-11H2,1-4H3,(H,27,30);3-7,15H,1-2H3;8H,4-7,14H2,1-3H3;2-4H,1H3;2-4H,9H2,1H3;2-3H,7H2,1H3;1H3;/q;;;;;;;;+1/p-1. The van der Waals surface area contributed by atoms with E-state index in [1.54, 1.807) is 104 Å². The maximum Gasteiger partial charge on any atom is 1.00 e. The number of carbonyl (C=O) groups excluding carboxylic acids is 4. The van der Waals surface area contributed by atoms with Crippen LogP contribution in [0.3, 0.4) is 0 Å². The number of rotatable bonds is 19. The second kappa shape index (κ2) is 54.6. The van der Waals surface area contributed by atoms with Gasteiger partial charge in [-0.2, -0.15) is 5.26 Å². The molecule has 3 aliphatic rings. The van der Waals surface area contributed by atoms with E-state index in [9.17, 15) is 52.8 Å². The molecule has 3 fully saturated rings. The van der Waals surface area contributed by atoms with Gasteiger partial charge < -0.3 is 70.9 Å². The molecule has 0 aliphatic carbocycles. The maximum atomic E-state index is 13.3. The summed E-state index contributed by atoms with van der Waals surface area (Å²) in [4.78, 5) is 57.5. The summed E-state index contributed by atoms with van der Waals surface area (Å²) in [5.74, 6) is -1.72. The second-order valence-electron chi connectivity index (χ2n) is 32.1. The number of carbonyl (C=O) groups is 4. The minimum atomic E-state index is -4.03. The van der Waals surface area contributed by atoms with Gasteiger partial charge in [-0.25, -0.2) is 43.3 Å². The molecule has 15 rings (SSSR count). The number of halogens is 6. The van der Waals surface area contributed by atoms with Crippen LogP contribution in [0.2, 0.25) is 25.1 Å². The molecule has 0 radical (unpaired) electrons. The van der Waals surface area contributed by atoms with Crippen LogP contribution < -0.4 is 81.5 Å². The quantitative estimate of drug-likeness (QED) is 0.0171. The molecule has 12 aromatic rings. The van der Waals surface area contributed by atoms with Crippen LogP contribution in [-0.2, 0) is 62.8 Å². The normalized spacial score (nSPS) is 12.8. The summed E-state index contributed by atoms with van der Waals surface area (Å²) in [5, 5.41) is 22.7. The third-order valence-corrected chi connectivity index (χ3v) is 32.5. The molecule has 7 heterocycles. The van der Waals surface area contributed by atoms with Crippen molar-refractivity contribution < 1.29 is 106 Å². The fourth-order valence-corrected chi connectivity index (χ4v) is 24.5. The number of hydrogen-bond donors (Lipinski definition) is 7. The Balaban J connectivity index is 0.000000236. The molecule has 142 heavy (non-hydrogen) atoms. The van der Waals surface area contributed by atoms with Crippen molar-refractivity contribution >= 4 is 239 Å². The largest absolute Gasteiger partial charge is 1.00 e. The summed E-state index contributed by atoms with van der Waals surface area (Å²) in [6.07, 6.45) is 0. The average Bonchev–Trinajstić information content (AvgIpc) is 1.07. The number of nitriles is 1. The molecule has 3 aliphatic heterocycles. The van der Waals surface area contributed by atoms with Crippen LogP contribution in [0.1, 0.15) is 123 Å². The van der Waals surface area contributed by atoms with Gasteiger partial charge in [-0.1, -0.05) is 82.3 Å². The van der Waals surface area contributed by atoms with Gasteiger partial charge in [0.2, 0.25) is 0 Å². The number of aryl methyl sites for hydroxylation is 11. The van der Waals surface area contributed by atoms with Crippen molar-refractivity contribution in [1.29, 1.82) is 5.26 Å². The molecule has 0 atom stereocenters. The molecular weight excluding hydrogens is 2110 g/mol. The molecule has 0 unspecified atom stereocenters. The van der Waals surface area contributed by atoms with Gasteiger partial charge in [0, 0.05) is 122 Å². The molecule has 2 amide bonds. The SMILES string of the molecule is CC#N.COC(=O)c1sccc1N.COC(=O)c1sccc1NS(=O)(=O)c1ccc(Cl)cc1C.Cc1cc(C)c(N2CCOCC2)c(C)c1N.Cc1cc(Cl)ccc1N.Cc1cc(Cl)ccc1S(=O)(=O)Cl.Cc1cc(Cl)ccc1S(=O)(=O)Nc1ccsc1C(=O)Nc1c(C)cc(C)c(N2CCOCC2)c1C.Cc1cc(Cl)ccc1S(=O)(=O)[N-]c1ccsc1C(=O)Nc1c(C)cc(C)c(N2CCOCC2)c1C.[Na+]. The first kappa shape index (κ1) is 119. The average molecular weight is 2220 g/mol. The van der Waals surface area contributed by atoms with Crippen molar-refractivity contribution in [1.82, 2.24) is 0 Å².